The van der Waals surface area contributed by atoms with Gasteiger partial charge in [-0.05, 0) is 79.3 Å². The average Bonchev–Trinajstić information content (AvgIpc) is 2.93. The minimum atomic E-state index is -0.399. The molecule has 192 valence electrons. The summed E-state index contributed by atoms with van der Waals surface area (Å²) >= 11 is 5.32. The molecule has 0 aliphatic rings. The molecule has 7 nitrogen and oxygen atoms in total. The number of nitrogens with one attached hydrogen (secondary N) is 3. The zero-order valence-electron chi connectivity index (χ0n) is 20.8. The lowest BCUT2D eigenvalue weighted by Gasteiger charge is -2.14. The number of hydrogen-bond acceptors (Lipinski definition) is 5. The summed E-state index contributed by atoms with van der Waals surface area (Å²) in [6, 6.07) is 30.8. The molecule has 0 saturated heterocycles. The standard InChI is InChI=1S/C30H27N3O4S/c1-21-9-5-6-12-25(21)28(34)31-22-15-17-23(18-16-22)32-30(38)33-29(35)26-13-7-8-14-27(26)37-20-19-36-24-10-3-2-4-11-24/h2-18H,19-20H2,1H3,(H,31,34)(H2,32,33,35,38). The zero-order chi connectivity index (χ0) is 26.7. The van der Waals surface area contributed by atoms with Gasteiger partial charge in [-0.15, -0.1) is 0 Å². The Bertz CT molecular complexity index is 1410. The van der Waals surface area contributed by atoms with Crippen LogP contribution in [0.5, 0.6) is 11.5 Å². The second kappa shape index (κ2) is 13.0. The number of amides is 2. The van der Waals surface area contributed by atoms with Crippen LogP contribution in [0.25, 0.3) is 0 Å². The van der Waals surface area contributed by atoms with Gasteiger partial charge in [0.15, 0.2) is 5.11 Å². The van der Waals surface area contributed by atoms with E-state index < -0.39 is 5.91 Å². The molecular weight excluding hydrogens is 498 g/mol. The third-order valence-corrected chi connectivity index (χ3v) is 5.71. The fourth-order valence-electron chi connectivity index (χ4n) is 3.60. The Kier molecular flexibility index (Phi) is 9.04. The molecule has 0 spiro atoms. The molecule has 38 heavy (non-hydrogen) atoms. The average molecular weight is 526 g/mol. The highest BCUT2D eigenvalue weighted by molar-refractivity contribution is 7.80. The zero-order valence-corrected chi connectivity index (χ0v) is 21.6. The summed E-state index contributed by atoms with van der Waals surface area (Å²) in [4.78, 5) is 25.4. The molecule has 0 bridgehead atoms. The highest BCUT2D eigenvalue weighted by atomic mass is 32.1. The van der Waals surface area contributed by atoms with E-state index in [1.807, 2.05) is 55.5 Å². The Morgan fingerprint density at radius 1 is 0.658 bits per heavy atom. The molecule has 3 N–H and O–H groups in total. The number of benzene rings is 4. The molecule has 0 radical (unpaired) electrons. The van der Waals surface area contributed by atoms with Crippen LogP contribution < -0.4 is 25.4 Å². The van der Waals surface area contributed by atoms with Gasteiger partial charge in [0.05, 0.1) is 5.56 Å². The van der Waals surface area contributed by atoms with E-state index in [2.05, 4.69) is 16.0 Å². The fraction of sp³-hybridized carbons (Fsp3) is 0.100. The summed E-state index contributed by atoms with van der Waals surface area (Å²) in [6.07, 6.45) is 0. The highest BCUT2D eigenvalue weighted by Gasteiger charge is 2.14. The van der Waals surface area contributed by atoms with Gasteiger partial charge in [-0.3, -0.25) is 14.9 Å². The Labute approximate surface area is 226 Å². The number of para-hydroxylation sites is 2. The van der Waals surface area contributed by atoms with Crippen molar-refractivity contribution in [3.8, 4) is 11.5 Å². The van der Waals surface area contributed by atoms with E-state index >= 15 is 0 Å². The maximum atomic E-state index is 12.9. The number of ether oxygens (including phenoxy) is 2. The minimum Gasteiger partial charge on any atom is -0.490 e. The number of thiocarbonyl (C=S) groups is 1. The lowest BCUT2D eigenvalue weighted by molar-refractivity contribution is 0.0971. The van der Waals surface area contributed by atoms with Crippen LogP contribution in [0.1, 0.15) is 26.3 Å². The molecule has 0 unspecified atom stereocenters. The number of carbonyl (C=O) groups excluding carboxylic acids is 2. The van der Waals surface area contributed by atoms with Gasteiger partial charge in [-0.25, -0.2) is 0 Å². The Morgan fingerprint density at radius 3 is 1.95 bits per heavy atom. The largest absolute Gasteiger partial charge is 0.490 e. The molecule has 2 amide bonds. The normalized spacial score (nSPS) is 10.2. The van der Waals surface area contributed by atoms with Crippen LogP contribution in [-0.4, -0.2) is 30.1 Å². The molecule has 0 atom stereocenters. The summed E-state index contributed by atoms with van der Waals surface area (Å²) in [5, 5.41) is 8.67. The van der Waals surface area contributed by atoms with Gasteiger partial charge in [0.25, 0.3) is 11.8 Å². The molecule has 8 heteroatoms. The summed E-state index contributed by atoms with van der Waals surface area (Å²) in [5.41, 5.74) is 3.17. The maximum absolute atomic E-state index is 12.9. The van der Waals surface area contributed by atoms with Gasteiger partial charge in [-0.1, -0.05) is 48.5 Å². The number of aryl methyl sites for hydroxylation is 1. The van der Waals surface area contributed by atoms with Crippen molar-refractivity contribution < 1.29 is 19.1 Å². The van der Waals surface area contributed by atoms with Gasteiger partial charge < -0.3 is 20.1 Å². The van der Waals surface area contributed by atoms with E-state index in [0.717, 1.165) is 11.3 Å². The third kappa shape index (κ3) is 7.41. The first-order valence-corrected chi connectivity index (χ1v) is 12.4. The topological polar surface area (TPSA) is 88.7 Å². The smallest absolute Gasteiger partial charge is 0.261 e. The van der Waals surface area contributed by atoms with Crippen LogP contribution >= 0.6 is 12.2 Å². The fourth-order valence-corrected chi connectivity index (χ4v) is 3.81. The molecule has 4 rings (SSSR count). The number of carbonyl (C=O) groups is 2. The second-order valence-corrected chi connectivity index (χ2v) is 8.67. The van der Waals surface area contributed by atoms with Crippen molar-refractivity contribution in [1.29, 1.82) is 0 Å². The van der Waals surface area contributed by atoms with E-state index in [-0.39, 0.29) is 17.6 Å². The van der Waals surface area contributed by atoms with Crippen molar-refractivity contribution in [3.63, 3.8) is 0 Å². The SMILES string of the molecule is Cc1ccccc1C(=O)Nc1ccc(NC(=S)NC(=O)c2ccccc2OCCOc2ccccc2)cc1. The maximum Gasteiger partial charge on any atom is 0.261 e. The minimum absolute atomic E-state index is 0.133. The second-order valence-electron chi connectivity index (χ2n) is 8.26. The Balaban J connectivity index is 1.28. The first-order valence-electron chi connectivity index (χ1n) is 12.0. The molecule has 0 aliphatic heterocycles. The van der Waals surface area contributed by atoms with Crippen molar-refractivity contribution in [1.82, 2.24) is 5.32 Å². The summed E-state index contributed by atoms with van der Waals surface area (Å²) < 4.78 is 11.4. The number of rotatable bonds is 9. The lowest BCUT2D eigenvalue weighted by Crippen LogP contribution is -2.34. The summed E-state index contributed by atoms with van der Waals surface area (Å²) in [5.74, 6) is 0.599. The Hall–Kier alpha value is -4.69. The van der Waals surface area contributed by atoms with E-state index in [1.165, 1.54) is 0 Å². The van der Waals surface area contributed by atoms with Crippen LogP contribution in [0.4, 0.5) is 11.4 Å². The first kappa shape index (κ1) is 26.4. The van der Waals surface area contributed by atoms with Gasteiger partial charge >= 0.3 is 0 Å². The lowest BCUT2D eigenvalue weighted by atomic mass is 10.1. The van der Waals surface area contributed by atoms with Crippen molar-refractivity contribution >= 4 is 40.5 Å². The molecule has 0 saturated carbocycles. The molecule has 4 aromatic carbocycles. The van der Waals surface area contributed by atoms with Crippen molar-refractivity contribution in [3.05, 3.63) is 120 Å². The molecule has 0 heterocycles. The van der Waals surface area contributed by atoms with Crippen molar-refractivity contribution in [2.24, 2.45) is 0 Å². The van der Waals surface area contributed by atoms with E-state index in [1.54, 1.807) is 54.6 Å². The number of hydrogen-bond donors (Lipinski definition) is 3. The molecule has 4 aromatic rings. The quantitative estimate of drug-likeness (QED) is 0.188. The van der Waals surface area contributed by atoms with Crippen LogP contribution in [0.15, 0.2) is 103 Å². The van der Waals surface area contributed by atoms with Crippen LogP contribution in [-0.2, 0) is 0 Å². The molecule has 0 aliphatic carbocycles. The highest BCUT2D eigenvalue weighted by Crippen LogP contribution is 2.19. The predicted octanol–water partition coefficient (Wildman–Crippen LogP) is 5.83. The van der Waals surface area contributed by atoms with Crippen LogP contribution in [0.2, 0.25) is 0 Å². The van der Waals surface area contributed by atoms with E-state index in [0.29, 0.717) is 34.9 Å². The summed E-state index contributed by atoms with van der Waals surface area (Å²) in [7, 11) is 0. The van der Waals surface area contributed by atoms with Crippen molar-refractivity contribution in [2.45, 2.75) is 6.92 Å². The van der Waals surface area contributed by atoms with Gasteiger partial charge in [0.1, 0.15) is 24.7 Å². The van der Waals surface area contributed by atoms with Gasteiger partial charge in [0.2, 0.25) is 0 Å². The van der Waals surface area contributed by atoms with Crippen LogP contribution in [0, 0.1) is 6.92 Å². The molecule has 0 fully saturated rings. The molecule has 0 aromatic heterocycles. The monoisotopic (exact) mass is 525 g/mol. The summed E-state index contributed by atoms with van der Waals surface area (Å²) in [6.45, 7) is 2.50. The first-order chi connectivity index (χ1) is 18.5. The van der Waals surface area contributed by atoms with Gasteiger partial charge in [-0.2, -0.15) is 0 Å². The van der Waals surface area contributed by atoms with E-state index in [9.17, 15) is 9.59 Å². The molecular formula is C30H27N3O4S. The third-order valence-electron chi connectivity index (χ3n) is 5.50. The van der Waals surface area contributed by atoms with Gasteiger partial charge in [0, 0.05) is 16.9 Å². The number of anilines is 2. The Morgan fingerprint density at radius 2 is 1.24 bits per heavy atom. The predicted molar refractivity (Wildman–Crippen MR) is 153 cm³/mol. The van der Waals surface area contributed by atoms with Crippen molar-refractivity contribution in [2.75, 3.05) is 23.8 Å². The van der Waals surface area contributed by atoms with Crippen LogP contribution in [0.3, 0.4) is 0 Å². The van der Waals surface area contributed by atoms with E-state index in [4.69, 9.17) is 21.7 Å².